The van der Waals surface area contributed by atoms with E-state index in [0.717, 1.165) is 0 Å². The predicted molar refractivity (Wildman–Crippen MR) is 211 cm³/mol. The van der Waals surface area contributed by atoms with Crippen LogP contribution >= 0.6 is 0 Å². The average molecular weight is 814 g/mol. The van der Waals surface area contributed by atoms with E-state index in [4.69, 9.17) is 14.2 Å². The van der Waals surface area contributed by atoms with Crippen molar-refractivity contribution in [1.29, 1.82) is 0 Å². The summed E-state index contributed by atoms with van der Waals surface area (Å²) < 4.78 is 34.9. The number of alkyl halides is 1. The third-order valence-electron chi connectivity index (χ3n) is 14.9. The second-order valence-electron chi connectivity index (χ2n) is 20.2. The topological polar surface area (TPSA) is 178 Å². The minimum absolute atomic E-state index is 0.0187. The standard InChI is InChI=1S/C44H64FN3O10/c1-24(2)34(47-38(55)58-39(5,6)7)36(53)48-17-11-12-31(48)35(52)46-22-40(8,9)26(4)37(54)56-21-33(51)44-25(3)18-30-29-14-13-27-19-28(49)15-16-41(27,10)43(29,45)32(50)20-42(30,44)23-57-44/h15-16,19,24-26,29-32,34,50H,11-14,17-18,20-23H2,1-10H3,(H,46,52)(H,47,55)/t25-,26?,29+,30+,31?,32+,34?,41+,42-,43+,44+/m1/s1. The molecule has 0 radical (unpaired) electrons. The molecule has 2 saturated heterocycles. The molecule has 11 atom stereocenters. The van der Waals surface area contributed by atoms with Crippen LogP contribution in [-0.2, 0) is 38.2 Å². The molecular weight excluding hydrogens is 749 g/mol. The van der Waals surface area contributed by atoms with Gasteiger partial charge in [-0.25, -0.2) is 9.18 Å². The fourth-order valence-electron chi connectivity index (χ4n) is 11.4. The average Bonchev–Trinajstić information content (AvgIpc) is 3.68. The Labute approximate surface area is 341 Å². The van der Waals surface area contributed by atoms with Crippen molar-refractivity contribution in [3.8, 4) is 0 Å². The molecule has 3 N–H and O–H groups in total. The molecule has 5 fully saturated rings. The van der Waals surface area contributed by atoms with Crippen LogP contribution in [0.2, 0.25) is 0 Å². The Balaban J connectivity index is 1.06. The quantitative estimate of drug-likeness (QED) is 0.246. The number of ether oxygens (including phenoxy) is 3. The maximum absolute atomic E-state index is 17.6. The molecule has 2 aliphatic heterocycles. The Morgan fingerprint density at radius 2 is 1.78 bits per heavy atom. The van der Waals surface area contributed by atoms with E-state index in [1.54, 1.807) is 54.5 Å². The number of Topliss-reactive ketones (excluding diaryl/α,β-unsaturated/α-hetero) is 1. The number of nitrogens with zero attached hydrogens (tertiary/aromatic N) is 1. The smallest absolute Gasteiger partial charge is 0.408 e. The second-order valence-corrected chi connectivity index (χ2v) is 20.2. The van der Waals surface area contributed by atoms with Crippen molar-refractivity contribution >= 4 is 35.4 Å². The summed E-state index contributed by atoms with van der Waals surface area (Å²) in [6.07, 6.45) is 4.93. The lowest BCUT2D eigenvalue weighted by Crippen LogP contribution is -2.76. The van der Waals surface area contributed by atoms with Gasteiger partial charge in [-0.05, 0) is 102 Å². The maximum Gasteiger partial charge on any atom is 0.408 e. The molecule has 58 heavy (non-hydrogen) atoms. The van der Waals surface area contributed by atoms with Gasteiger partial charge in [-0.1, -0.05) is 53.2 Å². The molecule has 3 saturated carbocycles. The normalized spacial score (nSPS) is 36.3. The molecule has 1 spiro atoms. The third kappa shape index (κ3) is 6.91. The molecule has 14 heteroatoms. The van der Waals surface area contributed by atoms with Gasteiger partial charge in [-0.15, -0.1) is 0 Å². The number of allylic oxidation sites excluding steroid dienone is 4. The summed E-state index contributed by atoms with van der Waals surface area (Å²) in [5, 5.41) is 17.3. The van der Waals surface area contributed by atoms with E-state index < -0.39 is 87.6 Å². The first-order chi connectivity index (χ1) is 26.9. The van der Waals surface area contributed by atoms with Crippen molar-refractivity contribution in [3.63, 3.8) is 0 Å². The van der Waals surface area contributed by atoms with E-state index in [9.17, 15) is 33.9 Å². The molecule has 322 valence electrons. The van der Waals surface area contributed by atoms with Gasteiger partial charge in [0.25, 0.3) is 0 Å². The van der Waals surface area contributed by atoms with Crippen LogP contribution in [0, 0.1) is 45.8 Å². The zero-order chi connectivity index (χ0) is 43.0. The molecule has 0 aromatic rings. The molecule has 2 heterocycles. The van der Waals surface area contributed by atoms with Gasteiger partial charge in [0.15, 0.2) is 18.1 Å². The third-order valence-corrected chi connectivity index (χ3v) is 14.9. The Morgan fingerprint density at radius 1 is 1.09 bits per heavy atom. The van der Waals surface area contributed by atoms with Crippen LogP contribution in [0.3, 0.4) is 0 Å². The number of halogens is 1. The molecule has 3 amide bonds. The minimum Gasteiger partial charge on any atom is -0.457 e. The highest BCUT2D eigenvalue weighted by molar-refractivity contribution is 6.01. The number of nitrogens with one attached hydrogen (secondary N) is 2. The Kier molecular flexibility index (Phi) is 11.4. The van der Waals surface area contributed by atoms with Gasteiger partial charge in [0, 0.05) is 29.8 Å². The number of hydrogen-bond donors (Lipinski definition) is 3. The summed E-state index contributed by atoms with van der Waals surface area (Å²) >= 11 is 0. The highest BCUT2D eigenvalue weighted by Crippen LogP contribution is 2.74. The summed E-state index contributed by atoms with van der Waals surface area (Å²) in [4.78, 5) is 81.3. The molecule has 3 unspecified atom stereocenters. The number of carbonyl (C=O) groups is 6. The fourth-order valence-corrected chi connectivity index (χ4v) is 11.4. The maximum atomic E-state index is 17.6. The molecule has 13 nitrogen and oxygen atoms in total. The number of amides is 3. The molecule has 0 bridgehead atoms. The van der Waals surface area contributed by atoms with E-state index in [-0.39, 0.29) is 54.9 Å². The lowest BCUT2D eigenvalue weighted by atomic mass is 9.43. The highest BCUT2D eigenvalue weighted by Gasteiger charge is 2.81. The van der Waals surface area contributed by atoms with Gasteiger partial charge in [0.05, 0.1) is 18.6 Å². The molecular formula is C44H64FN3O10. The van der Waals surface area contributed by atoms with Crippen LogP contribution in [0.25, 0.3) is 0 Å². The van der Waals surface area contributed by atoms with Gasteiger partial charge in [-0.2, -0.15) is 0 Å². The number of fused-ring (bicyclic) bond motifs is 4. The molecule has 6 rings (SSSR count). The predicted octanol–water partition coefficient (Wildman–Crippen LogP) is 4.78. The van der Waals surface area contributed by atoms with Crippen molar-refractivity contribution in [2.24, 2.45) is 45.8 Å². The molecule has 6 aliphatic rings. The van der Waals surface area contributed by atoms with Gasteiger partial charge in [0.1, 0.15) is 23.3 Å². The number of ketones is 2. The fraction of sp³-hybridized carbons (Fsp3) is 0.773. The number of aliphatic hydroxyl groups is 1. The number of rotatable bonds is 11. The lowest BCUT2D eigenvalue weighted by molar-refractivity contribution is -0.310. The van der Waals surface area contributed by atoms with Crippen molar-refractivity contribution in [1.82, 2.24) is 15.5 Å². The number of hydrogen-bond acceptors (Lipinski definition) is 10. The summed E-state index contributed by atoms with van der Waals surface area (Å²) in [7, 11) is 0. The van der Waals surface area contributed by atoms with Crippen LogP contribution < -0.4 is 10.6 Å². The molecule has 0 aromatic heterocycles. The Hall–Kier alpha value is -3.65. The van der Waals surface area contributed by atoms with Crippen LogP contribution in [0.4, 0.5) is 9.18 Å². The first-order valence-corrected chi connectivity index (χ1v) is 21.1. The number of aliphatic hydroxyl groups excluding tert-OH is 1. The van der Waals surface area contributed by atoms with Gasteiger partial charge >= 0.3 is 12.1 Å². The summed E-state index contributed by atoms with van der Waals surface area (Å²) in [6, 6.07) is -1.64. The summed E-state index contributed by atoms with van der Waals surface area (Å²) in [6.45, 7) is 17.9. The number of carbonyl (C=O) groups excluding carboxylic acids is 6. The van der Waals surface area contributed by atoms with E-state index in [0.29, 0.717) is 44.2 Å². The van der Waals surface area contributed by atoms with Gasteiger partial charge < -0.3 is 34.9 Å². The molecule has 4 aliphatic carbocycles. The van der Waals surface area contributed by atoms with Crippen LogP contribution in [0.15, 0.2) is 23.8 Å². The van der Waals surface area contributed by atoms with E-state index >= 15 is 4.39 Å². The van der Waals surface area contributed by atoms with Crippen LogP contribution in [-0.4, -0.2) is 107 Å². The van der Waals surface area contributed by atoms with Crippen LogP contribution in [0.5, 0.6) is 0 Å². The van der Waals surface area contributed by atoms with Crippen LogP contribution in [0.1, 0.15) is 108 Å². The first kappa shape index (κ1) is 43.9. The molecule has 0 aromatic carbocycles. The Morgan fingerprint density at radius 3 is 2.40 bits per heavy atom. The zero-order valence-electron chi connectivity index (χ0n) is 35.9. The van der Waals surface area contributed by atoms with Gasteiger partial charge in [-0.3, -0.25) is 24.0 Å². The monoisotopic (exact) mass is 813 g/mol. The number of likely N-dealkylation sites (tertiary alicyclic amines) is 1. The SMILES string of the molecule is CC(C)C(NC(=O)OC(C)(C)C)C(=O)N1CCCC1C(=O)NCC(C)(C)C(C)C(=O)OCC(=O)[C@]12OC[C@@]13C[C@H](O)[C@@]1(F)[C@@H](CCC4=CC(=O)C=C[C@@]41C)[C@@H]3C[C@H]2C. The largest absolute Gasteiger partial charge is 0.457 e. The Bertz CT molecular complexity index is 1790. The van der Waals surface area contributed by atoms with E-state index in [2.05, 4.69) is 10.6 Å². The minimum atomic E-state index is -2.03. The van der Waals surface area contributed by atoms with Crippen molar-refractivity contribution in [2.75, 3.05) is 26.3 Å². The van der Waals surface area contributed by atoms with Crippen molar-refractivity contribution < 1.29 is 52.5 Å². The highest BCUT2D eigenvalue weighted by atomic mass is 19.1. The van der Waals surface area contributed by atoms with Crippen molar-refractivity contribution in [2.45, 2.75) is 143 Å². The number of alkyl carbamates (subject to hydrolysis) is 1. The lowest BCUT2D eigenvalue weighted by Gasteiger charge is -2.67. The van der Waals surface area contributed by atoms with E-state index in [1.165, 1.54) is 17.1 Å². The summed E-state index contributed by atoms with van der Waals surface area (Å²) in [5.74, 6) is -4.10. The summed E-state index contributed by atoms with van der Waals surface area (Å²) in [5.41, 5.74) is -6.18. The first-order valence-electron chi connectivity index (χ1n) is 21.1. The van der Waals surface area contributed by atoms with E-state index in [1.807, 2.05) is 20.8 Å². The van der Waals surface area contributed by atoms with Crippen molar-refractivity contribution in [3.05, 3.63) is 23.8 Å². The second kappa shape index (κ2) is 15.1. The number of esters is 1. The zero-order valence-corrected chi connectivity index (χ0v) is 35.9. The van der Waals surface area contributed by atoms with Gasteiger partial charge in [0.2, 0.25) is 17.6 Å².